The van der Waals surface area contributed by atoms with E-state index in [0.29, 0.717) is 32.4 Å². The van der Waals surface area contributed by atoms with Crippen molar-refractivity contribution in [2.75, 3.05) is 31.3 Å². The van der Waals surface area contributed by atoms with E-state index in [1.165, 1.54) is 0 Å². The summed E-state index contributed by atoms with van der Waals surface area (Å²) in [4.78, 5) is 26.1. The third-order valence-electron chi connectivity index (χ3n) is 7.18. The van der Waals surface area contributed by atoms with E-state index < -0.39 is 63.6 Å². The second-order valence-electron chi connectivity index (χ2n) is 11.0. The molecule has 244 valence electrons. The Labute approximate surface area is 257 Å². The molecule has 10 nitrogen and oxygen atoms in total. The van der Waals surface area contributed by atoms with Gasteiger partial charge in [0.15, 0.2) is 9.84 Å². The number of aryl methyl sites for hydroxylation is 1. The Kier molecular flexibility index (Phi) is 14.0. The number of hydrogen-bond acceptors (Lipinski definition) is 9. The SMILES string of the molecule is CCCCS(=O)(=O)C[C@@H](NC(=O)O[C@H]1CCOC1)C(=O)O[C@H](CNCc1cccc(CC)c1)[C@@H](N)Cc1cc(F)cc(F)c1. The third-order valence-corrected chi connectivity index (χ3v) is 8.93. The number of rotatable bonds is 17. The van der Waals surface area contributed by atoms with Crippen molar-refractivity contribution in [1.82, 2.24) is 10.6 Å². The summed E-state index contributed by atoms with van der Waals surface area (Å²) in [6.45, 7) is 4.94. The van der Waals surface area contributed by atoms with Crippen LogP contribution in [0.5, 0.6) is 0 Å². The van der Waals surface area contributed by atoms with Crippen LogP contribution in [0.15, 0.2) is 42.5 Å². The van der Waals surface area contributed by atoms with E-state index in [-0.39, 0.29) is 30.9 Å². The van der Waals surface area contributed by atoms with Gasteiger partial charge in [0.1, 0.15) is 29.9 Å². The van der Waals surface area contributed by atoms with Gasteiger partial charge in [-0.05, 0) is 48.1 Å². The van der Waals surface area contributed by atoms with Crippen LogP contribution in [0, 0.1) is 11.6 Å². The summed E-state index contributed by atoms with van der Waals surface area (Å²) in [6.07, 6.45) is -0.257. The van der Waals surface area contributed by atoms with Gasteiger partial charge in [-0.2, -0.15) is 0 Å². The maximum Gasteiger partial charge on any atom is 0.408 e. The van der Waals surface area contributed by atoms with Crippen LogP contribution in [0.1, 0.15) is 49.8 Å². The number of nitrogens with one attached hydrogen (secondary N) is 2. The number of carbonyl (C=O) groups excluding carboxylic acids is 2. The molecule has 4 atom stereocenters. The normalized spacial score (nSPS) is 17.1. The number of halogens is 2. The fourth-order valence-corrected chi connectivity index (χ4v) is 6.39. The lowest BCUT2D eigenvalue weighted by Crippen LogP contribution is -2.52. The van der Waals surface area contributed by atoms with E-state index >= 15 is 0 Å². The molecule has 13 heteroatoms. The summed E-state index contributed by atoms with van der Waals surface area (Å²) < 4.78 is 69.6. The van der Waals surface area contributed by atoms with Crippen molar-refractivity contribution >= 4 is 21.9 Å². The predicted molar refractivity (Wildman–Crippen MR) is 162 cm³/mol. The fourth-order valence-electron chi connectivity index (χ4n) is 4.77. The Balaban J connectivity index is 1.78. The van der Waals surface area contributed by atoms with Gasteiger partial charge in [0, 0.05) is 31.6 Å². The van der Waals surface area contributed by atoms with Crippen molar-refractivity contribution in [1.29, 1.82) is 0 Å². The van der Waals surface area contributed by atoms with Crippen LogP contribution in [0.25, 0.3) is 0 Å². The molecule has 1 saturated heterocycles. The number of sulfone groups is 1. The van der Waals surface area contributed by atoms with Gasteiger partial charge >= 0.3 is 12.1 Å². The minimum absolute atomic E-state index is 0.0419. The van der Waals surface area contributed by atoms with Gasteiger partial charge in [-0.15, -0.1) is 0 Å². The van der Waals surface area contributed by atoms with E-state index in [9.17, 15) is 26.8 Å². The second kappa shape index (κ2) is 17.4. The van der Waals surface area contributed by atoms with Crippen LogP contribution < -0.4 is 16.4 Å². The van der Waals surface area contributed by atoms with Crippen LogP contribution in [-0.2, 0) is 48.2 Å². The minimum atomic E-state index is -3.76. The topological polar surface area (TPSA) is 146 Å². The van der Waals surface area contributed by atoms with Crippen LogP contribution in [0.2, 0.25) is 0 Å². The minimum Gasteiger partial charge on any atom is -0.458 e. The quantitative estimate of drug-likeness (QED) is 0.222. The first-order chi connectivity index (χ1) is 21.0. The van der Waals surface area contributed by atoms with E-state index in [4.69, 9.17) is 19.9 Å². The van der Waals surface area contributed by atoms with E-state index in [1.54, 1.807) is 0 Å². The van der Waals surface area contributed by atoms with Gasteiger partial charge in [0.25, 0.3) is 0 Å². The van der Waals surface area contributed by atoms with Crippen LogP contribution in [0.4, 0.5) is 13.6 Å². The molecule has 0 aliphatic carbocycles. The molecule has 0 spiro atoms. The molecule has 1 heterocycles. The van der Waals surface area contributed by atoms with E-state index in [0.717, 1.165) is 35.7 Å². The number of amides is 1. The third kappa shape index (κ3) is 12.1. The highest BCUT2D eigenvalue weighted by molar-refractivity contribution is 7.91. The Hall–Kier alpha value is -3.13. The van der Waals surface area contributed by atoms with Crippen molar-refractivity contribution in [2.24, 2.45) is 5.73 Å². The molecule has 4 N–H and O–H groups in total. The van der Waals surface area contributed by atoms with Gasteiger partial charge in [-0.3, -0.25) is 0 Å². The van der Waals surface area contributed by atoms with Crippen LogP contribution in [0.3, 0.4) is 0 Å². The molecule has 3 rings (SSSR count). The molecule has 0 radical (unpaired) electrons. The zero-order valence-electron chi connectivity index (χ0n) is 25.2. The molecule has 1 aliphatic heterocycles. The van der Waals surface area contributed by atoms with Gasteiger partial charge in [0.2, 0.25) is 0 Å². The van der Waals surface area contributed by atoms with Gasteiger partial charge in [-0.1, -0.05) is 44.5 Å². The maximum absolute atomic E-state index is 13.9. The number of esters is 1. The molecule has 2 aromatic carbocycles. The average Bonchev–Trinajstić information content (AvgIpc) is 3.47. The van der Waals surface area contributed by atoms with Crippen molar-refractivity contribution in [2.45, 2.75) is 76.8 Å². The van der Waals surface area contributed by atoms with Crippen molar-refractivity contribution in [3.63, 3.8) is 0 Å². The molecule has 1 fully saturated rings. The smallest absolute Gasteiger partial charge is 0.408 e. The Morgan fingerprint density at radius 3 is 2.48 bits per heavy atom. The number of benzene rings is 2. The van der Waals surface area contributed by atoms with Crippen molar-refractivity contribution in [3.05, 3.63) is 70.8 Å². The zero-order valence-corrected chi connectivity index (χ0v) is 26.0. The Morgan fingerprint density at radius 2 is 1.82 bits per heavy atom. The first-order valence-corrected chi connectivity index (χ1v) is 16.7. The number of alkyl carbamates (subject to hydrolysis) is 1. The summed E-state index contributed by atoms with van der Waals surface area (Å²) in [5.41, 5.74) is 8.80. The molecular formula is C31H43F2N3O7S. The van der Waals surface area contributed by atoms with Crippen molar-refractivity contribution in [3.8, 4) is 0 Å². The molecule has 2 aromatic rings. The number of ether oxygens (including phenoxy) is 3. The largest absolute Gasteiger partial charge is 0.458 e. The molecule has 0 bridgehead atoms. The zero-order chi connectivity index (χ0) is 32.1. The first-order valence-electron chi connectivity index (χ1n) is 14.9. The van der Waals surface area contributed by atoms with Gasteiger partial charge < -0.3 is 30.6 Å². The molecule has 0 saturated carbocycles. The van der Waals surface area contributed by atoms with Gasteiger partial charge in [-0.25, -0.2) is 26.8 Å². The summed E-state index contributed by atoms with van der Waals surface area (Å²) in [7, 11) is -3.76. The Morgan fingerprint density at radius 1 is 1.09 bits per heavy atom. The average molecular weight is 640 g/mol. The lowest BCUT2D eigenvalue weighted by Gasteiger charge is -2.27. The van der Waals surface area contributed by atoms with Crippen LogP contribution in [-0.4, -0.2) is 76.0 Å². The molecule has 1 aliphatic rings. The highest BCUT2D eigenvalue weighted by Gasteiger charge is 2.33. The predicted octanol–water partition coefficient (Wildman–Crippen LogP) is 3.20. The summed E-state index contributed by atoms with van der Waals surface area (Å²) in [5, 5.41) is 5.55. The highest BCUT2D eigenvalue weighted by Crippen LogP contribution is 2.14. The summed E-state index contributed by atoms with van der Waals surface area (Å²) >= 11 is 0. The number of unbranched alkanes of at least 4 members (excludes halogenated alkanes) is 1. The molecule has 1 amide bonds. The monoisotopic (exact) mass is 639 g/mol. The lowest BCUT2D eigenvalue weighted by molar-refractivity contribution is -0.151. The lowest BCUT2D eigenvalue weighted by atomic mass is 10.0. The first kappa shape index (κ1) is 35.4. The molecular weight excluding hydrogens is 596 g/mol. The summed E-state index contributed by atoms with van der Waals surface area (Å²) in [5.74, 6) is -3.45. The molecule has 0 unspecified atom stereocenters. The summed E-state index contributed by atoms with van der Waals surface area (Å²) in [6, 6.07) is 8.42. The van der Waals surface area contributed by atoms with E-state index in [1.807, 2.05) is 38.1 Å². The maximum atomic E-state index is 13.9. The molecule has 0 aromatic heterocycles. The molecule has 44 heavy (non-hydrogen) atoms. The second-order valence-corrected chi connectivity index (χ2v) is 13.2. The van der Waals surface area contributed by atoms with Gasteiger partial charge in [0.05, 0.1) is 24.7 Å². The van der Waals surface area contributed by atoms with Crippen LogP contribution >= 0.6 is 0 Å². The van der Waals surface area contributed by atoms with E-state index in [2.05, 4.69) is 10.6 Å². The highest BCUT2D eigenvalue weighted by atomic mass is 32.2. The fraction of sp³-hybridized carbons (Fsp3) is 0.548. The van der Waals surface area contributed by atoms with Crippen molar-refractivity contribution < 1.29 is 41.0 Å². The standard InChI is InChI=1S/C31H43F2N3O7S/c1-3-5-11-44(39,40)20-28(36-31(38)42-26-9-10-41-19-26)30(37)43-29(18-35-17-22-8-6-7-21(4-2)12-22)27(34)15-23-13-24(32)16-25(33)14-23/h6-8,12-14,16,26-29,35H,3-5,9-11,15,17-20,34H2,1-2H3,(H,36,38)/t26-,27-,28+,29+/m0/s1. The Bertz CT molecular complexity index is 1320. The number of hydrogen-bond donors (Lipinski definition) is 3. The number of carbonyl (C=O) groups is 2. The number of nitrogens with two attached hydrogens (primary N) is 1.